The van der Waals surface area contributed by atoms with E-state index in [4.69, 9.17) is 0 Å². The molecule has 0 amide bonds. The van der Waals surface area contributed by atoms with Crippen molar-refractivity contribution < 1.29 is 13.5 Å². The van der Waals surface area contributed by atoms with Crippen molar-refractivity contribution >= 4 is 21.6 Å². The lowest BCUT2D eigenvalue weighted by Gasteiger charge is -2.14. The van der Waals surface area contributed by atoms with Crippen LogP contribution in [-0.4, -0.2) is 55.2 Å². The third-order valence-electron chi connectivity index (χ3n) is 2.21. The van der Waals surface area contributed by atoms with E-state index in [0.29, 0.717) is 0 Å². The minimum atomic E-state index is -3.03. The summed E-state index contributed by atoms with van der Waals surface area (Å²) in [7, 11) is -3.03. The molecule has 1 aliphatic rings. The smallest absolute Gasteiger partial charge is 0.154 e. The molecule has 15 heavy (non-hydrogen) atoms. The van der Waals surface area contributed by atoms with Gasteiger partial charge in [0.15, 0.2) is 9.84 Å². The molecule has 0 radical (unpaired) electrons. The van der Waals surface area contributed by atoms with E-state index >= 15 is 0 Å². The Kier molecular flexibility index (Phi) is 5.11. The molecular formula is C9H17NO3S2. The van der Waals surface area contributed by atoms with Crippen LogP contribution in [0.3, 0.4) is 0 Å². The second kappa shape index (κ2) is 5.89. The van der Waals surface area contributed by atoms with Crippen LogP contribution in [-0.2, 0) is 9.84 Å². The van der Waals surface area contributed by atoms with E-state index in [0.717, 1.165) is 18.1 Å². The van der Waals surface area contributed by atoms with Crippen LogP contribution in [0.5, 0.6) is 0 Å². The molecule has 0 bridgehead atoms. The van der Waals surface area contributed by atoms with Gasteiger partial charge in [-0.15, -0.1) is 6.58 Å². The molecule has 0 saturated carbocycles. The molecule has 1 heterocycles. The topological polar surface area (TPSA) is 66.4 Å². The molecule has 6 heteroatoms. The summed E-state index contributed by atoms with van der Waals surface area (Å²) in [5.74, 6) is 1.74. The summed E-state index contributed by atoms with van der Waals surface area (Å²) in [6.07, 6.45) is 1.08. The highest BCUT2D eigenvalue weighted by molar-refractivity contribution is 7.99. The first-order valence-electron chi connectivity index (χ1n) is 4.85. The number of hydrogen-bond donors (Lipinski definition) is 2. The van der Waals surface area contributed by atoms with Crippen LogP contribution in [0.2, 0.25) is 0 Å². The summed E-state index contributed by atoms with van der Waals surface area (Å²) in [6.45, 7) is 4.32. The highest BCUT2D eigenvalue weighted by atomic mass is 32.2. The first-order chi connectivity index (χ1) is 7.05. The molecule has 2 atom stereocenters. The summed E-state index contributed by atoms with van der Waals surface area (Å²) < 4.78 is 22.3. The zero-order valence-corrected chi connectivity index (χ0v) is 10.2. The van der Waals surface area contributed by atoms with Crippen LogP contribution >= 0.6 is 11.8 Å². The number of thioether (sulfide) groups is 1. The van der Waals surface area contributed by atoms with Crippen molar-refractivity contribution in [3.63, 3.8) is 0 Å². The minimum Gasteiger partial charge on any atom is -0.390 e. The van der Waals surface area contributed by atoms with Gasteiger partial charge in [-0.05, 0) is 0 Å². The maximum Gasteiger partial charge on any atom is 0.154 e. The van der Waals surface area contributed by atoms with Gasteiger partial charge in [-0.1, -0.05) is 6.08 Å². The number of sulfone groups is 1. The Hall–Kier alpha value is -0.0400. The van der Waals surface area contributed by atoms with Gasteiger partial charge in [0.2, 0.25) is 0 Å². The molecular weight excluding hydrogens is 234 g/mol. The highest BCUT2D eigenvalue weighted by Crippen LogP contribution is 2.12. The molecule has 0 aromatic rings. The molecule has 2 N–H and O–H groups in total. The largest absolute Gasteiger partial charge is 0.390 e. The van der Waals surface area contributed by atoms with Crippen molar-refractivity contribution in [2.75, 3.05) is 29.6 Å². The quantitative estimate of drug-likeness (QED) is 0.499. The zero-order chi connectivity index (χ0) is 11.3. The molecule has 0 spiro atoms. The van der Waals surface area contributed by atoms with Crippen molar-refractivity contribution in [2.45, 2.75) is 12.1 Å². The fourth-order valence-corrected chi connectivity index (χ4v) is 3.88. The van der Waals surface area contributed by atoms with Gasteiger partial charge in [-0.25, -0.2) is 8.42 Å². The fraction of sp³-hybridized carbons (Fsp3) is 0.778. The van der Waals surface area contributed by atoms with E-state index in [2.05, 4.69) is 11.9 Å². The Labute approximate surface area is 95.1 Å². The third kappa shape index (κ3) is 4.55. The van der Waals surface area contributed by atoms with E-state index in [-0.39, 0.29) is 17.5 Å². The van der Waals surface area contributed by atoms with Crippen LogP contribution in [0.1, 0.15) is 0 Å². The number of aliphatic hydroxyl groups excluding tert-OH is 1. The predicted octanol–water partition coefficient (Wildman–Crippen LogP) is -0.347. The lowest BCUT2D eigenvalue weighted by atomic mass is 10.2. The first-order valence-corrected chi connectivity index (χ1v) is 7.83. The van der Waals surface area contributed by atoms with Crippen molar-refractivity contribution in [1.29, 1.82) is 0 Å². The maximum absolute atomic E-state index is 11.2. The summed E-state index contributed by atoms with van der Waals surface area (Å²) in [4.78, 5) is 0. The number of hydrogen-bond acceptors (Lipinski definition) is 5. The fourth-order valence-electron chi connectivity index (χ4n) is 1.51. The van der Waals surface area contributed by atoms with E-state index in [1.165, 1.54) is 0 Å². The average molecular weight is 251 g/mol. The van der Waals surface area contributed by atoms with E-state index in [1.54, 1.807) is 11.8 Å². The monoisotopic (exact) mass is 251 g/mol. The SMILES string of the molecule is C=CCSCCNC1CS(=O)(=O)CC1O. The molecule has 0 aliphatic carbocycles. The molecule has 0 aromatic heterocycles. The number of rotatable bonds is 6. The van der Waals surface area contributed by atoms with Crippen LogP contribution in [0.4, 0.5) is 0 Å². The molecule has 1 rings (SSSR count). The third-order valence-corrected chi connectivity index (χ3v) is 4.89. The zero-order valence-electron chi connectivity index (χ0n) is 8.55. The summed E-state index contributed by atoms with van der Waals surface area (Å²) in [5, 5.41) is 12.5. The first kappa shape index (κ1) is 13.0. The molecule has 1 fully saturated rings. The Morgan fingerprint density at radius 1 is 1.53 bits per heavy atom. The van der Waals surface area contributed by atoms with Crippen LogP contribution in [0.25, 0.3) is 0 Å². The second-order valence-corrected chi connectivity index (χ2v) is 6.87. The molecule has 1 saturated heterocycles. The van der Waals surface area contributed by atoms with Crippen molar-refractivity contribution in [2.24, 2.45) is 0 Å². The number of aliphatic hydroxyl groups is 1. The highest BCUT2D eigenvalue weighted by Gasteiger charge is 2.35. The Balaban J connectivity index is 2.19. The summed E-state index contributed by atoms with van der Waals surface area (Å²) in [6, 6.07) is -0.292. The van der Waals surface area contributed by atoms with Gasteiger partial charge in [-0.3, -0.25) is 0 Å². The molecule has 88 valence electrons. The van der Waals surface area contributed by atoms with Crippen LogP contribution in [0.15, 0.2) is 12.7 Å². The summed E-state index contributed by atoms with van der Waals surface area (Å²) in [5.41, 5.74) is 0. The van der Waals surface area contributed by atoms with Crippen LogP contribution in [0, 0.1) is 0 Å². The number of nitrogens with one attached hydrogen (secondary N) is 1. The standard InChI is InChI=1S/C9H17NO3S2/c1-2-4-14-5-3-10-8-6-15(12,13)7-9(8)11/h2,8-11H,1,3-7H2. The Morgan fingerprint density at radius 3 is 2.80 bits per heavy atom. The van der Waals surface area contributed by atoms with Gasteiger partial charge in [0.25, 0.3) is 0 Å². The lowest BCUT2D eigenvalue weighted by molar-refractivity contribution is 0.167. The van der Waals surface area contributed by atoms with Gasteiger partial charge in [0, 0.05) is 24.1 Å². The normalized spacial score (nSPS) is 29.1. The van der Waals surface area contributed by atoms with E-state index in [9.17, 15) is 13.5 Å². The van der Waals surface area contributed by atoms with Gasteiger partial charge in [0.1, 0.15) is 0 Å². The van der Waals surface area contributed by atoms with Gasteiger partial charge < -0.3 is 10.4 Å². The molecule has 2 unspecified atom stereocenters. The van der Waals surface area contributed by atoms with Crippen molar-refractivity contribution in [3.05, 3.63) is 12.7 Å². The molecule has 0 aromatic carbocycles. The van der Waals surface area contributed by atoms with Crippen molar-refractivity contribution in [1.82, 2.24) is 5.32 Å². The second-order valence-electron chi connectivity index (χ2n) is 3.57. The van der Waals surface area contributed by atoms with Gasteiger partial charge in [0.05, 0.1) is 17.6 Å². The van der Waals surface area contributed by atoms with Crippen molar-refractivity contribution in [3.8, 4) is 0 Å². The van der Waals surface area contributed by atoms with Gasteiger partial charge in [-0.2, -0.15) is 11.8 Å². The maximum atomic E-state index is 11.2. The predicted molar refractivity (Wildman–Crippen MR) is 64.0 cm³/mol. The molecule has 1 aliphatic heterocycles. The summed E-state index contributed by atoms with van der Waals surface area (Å²) >= 11 is 1.73. The Morgan fingerprint density at radius 2 is 2.27 bits per heavy atom. The van der Waals surface area contributed by atoms with E-state index < -0.39 is 15.9 Å². The van der Waals surface area contributed by atoms with Gasteiger partial charge >= 0.3 is 0 Å². The Bertz CT molecular complexity index is 302. The molecule has 4 nitrogen and oxygen atoms in total. The lowest BCUT2D eigenvalue weighted by Crippen LogP contribution is -2.40. The minimum absolute atomic E-state index is 0.0558. The average Bonchev–Trinajstić information content (AvgIpc) is 2.39. The van der Waals surface area contributed by atoms with E-state index in [1.807, 2.05) is 6.08 Å². The van der Waals surface area contributed by atoms with Crippen LogP contribution < -0.4 is 5.32 Å².